The zero-order valence-corrected chi connectivity index (χ0v) is 15.7. The molecule has 2 nitrogen and oxygen atoms in total. The van der Waals surface area contributed by atoms with Crippen LogP contribution in [0.3, 0.4) is 0 Å². The van der Waals surface area contributed by atoms with Crippen LogP contribution in [0.4, 0.5) is 0 Å². The van der Waals surface area contributed by atoms with E-state index in [0.717, 1.165) is 18.8 Å². The van der Waals surface area contributed by atoms with Crippen LogP contribution in [-0.2, 0) is 4.74 Å². The van der Waals surface area contributed by atoms with Crippen LogP contribution >= 0.6 is 0 Å². The smallest absolute Gasteiger partial charge is 0.137 e. The van der Waals surface area contributed by atoms with Crippen LogP contribution in [0.5, 0.6) is 5.75 Å². The van der Waals surface area contributed by atoms with Gasteiger partial charge in [-0.05, 0) is 29.2 Å². The lowest BCUT2D eigenvalue weighted by Gasteiger charge is -2.31. The number of ether oxygens (including phenoxy) is 2. The topological polar surface area (TPSA) is 18.5 Å². The van der Waals surface area contributed by atoms with Crippen molar-refractivity contribution in [3.05, 3.63) is 29.8 Å². The molecule has 1 aliphatic heterocycles. The summed E-state index contributed by atoms with van der Waals surface area (Å²) in [6, 6.07) is 8.17. The molecule has 1 aliphatic rings. The Balaban J connectivity index is 2.22. The molecule has 0 aromatic heterocycles. The highest BCUT2D eigenvalue weighted by Gasteiger charge is 2.35. The van der Waals surface area contributed by atoms with E-state index in [9.17, 15) is 0 Å². The van der Waals surface area contributed by atoms with Crippen molar-refractivity contribution in [3.8, 4) is 17.2 Å². The van der Waals surface area contributed by atoms with Crippen LogP contribution in [0.1, 0.15) is 38.9 Å². The third kappa shape index (κ3) is 3.74. The van der Waals surface area contributed by atoms with E-state index in [0.29, 0.717) is 11.0 Å². The minimum Gasteiger partial charge on any atom is -0.497 e. The monoisotopic (exact) mass is 316 g/mol. The molecule has 22 heavy (non-hydrogen) atoms. The summed E-state index contributed by atoms with van der Waals surface area (Å²) >= 11 is 0. The molecule has 0 radical (unpaired) electrons. The van der Waals surface area contributed by atoms with E-state index in [2.05, 4.69) is 57.5 Å². The van der Waals surface area contributed by atoms with E-state index >= 15 is 0 Å². The third-order valence-electron chi connectivity index (χ3n) is 4.96. The minimum atomic E-state index is -1.56. The minimum absolute atomic E-state index is 0.0763. The second-order valence-corrected chi connectivity index (χ2v) is 12.6. The number of benzene rings is 1. The lowest BCUT2D eigenvalue weighted by Crippen LogP contribution is -2.35. The fraction of sp³-hybridized carbons (Fsp3) is 0.579. The lowest BCUT2D eigenvalue weighted by atomic mass is 9.96. The largest absolute Gasteiger partial charge is 0.497 e. The molecule has 0 spiro atoms. The van der Waals surface area contributed by atoms with Gasteiger partial charge in [0.1, 0.15) is 13.8 Å². The molecule has 2 atom stereocenters. The van der Waals surface area contributed by atoms with Crippen LogP contribution in [0.25, 0.3) is 0 Å². The molecule has 0 N–H and O–H groups in total. The Labute approximate surface area is 136 Å². The second kappa shape index (κ2) is 6.48. The Bertz CT molecular complexity index is 575. The molecule has 1 aromatic carbocycles. The van der Waals surface area contributed by atoms with Gasteiger partial charge in [-0.3, -0.25) is 0 Å². The summed E-state index contributed by atoms with van der Waals surface area (Å²) in [5, 5.41) is 0.297. The first kappa shape index (κ1) is 17.1. The molecule has 120 valence electrons. The fourth-order valence-electron chi connectivity index (χ4n) is 2.35. The number of rotatable bonds is 2. The first-order valence-electron chi connectivity index (χ1n) is 8.03. The van der Waals surface area contributed by atoms with Crippen molar-refractivity contribution in [2.24, 2.45) is 5.92 Å². The molecular formula is C19H28O2Si. The highest BCUT2D eigenvalue weighted by atomic mass is 28.3. The van der Waals surface area contributed by atoms with E-state index in [1.54, 1.807) is 7.11 Å². The zero-order chi connectivity index (χ0) is 16.4. The van der Waals surface area contributed by atoms with E-state index in [-0.39, 0.29) is 6.10 Å². The maximum atomic E-state index is 5.96. The predicted molar refractivity (Wildman–Crippen MR) is 94.8 cm³/mol. The zero-order valence-electron chi connectivity index (χ0n) is 14.7. The summed E-state index contributed by atoms with van der Waals surface area (Å²) < 4.78 is 11.3. The van der Waals surface area contributed by atoms with Gasteiger partial charge in [-0.15, -0.1) is 11.5 Å². The lowest BCUT2D eigenvalue weighted by molar-refractivity contribution is 0.101. The number of hydrogen-bond acceptors (Lipinski definition) is 2. The quantitative estimate of drug-likeness (QED) is 0.575. The van der Waals surface area contributed by atoms with Crippen molar-refractivity contribution in [1.29, 1.82) is 0 Å². The molecule has 0 aliphatic carbocycles. The van der Waals surface area contributed by atoms with Gasteiger partial charge in [-0.25, -0.2) is 0 Å². The molecule has 0 bridgehead atoms. The van der Waals surface area contributed by atoms with Crippen LogP contribution in [-0.4, -0.2) is 21.8 Å². The molecule has 1 aromatic rings. The summed E-state index contributed by atoms with van der Waals surface area (Å²) in [6.07, 6.45) is 1.09. The van der Waals surface area contributed by atoms with Gasteiger partial charge in [0.25, 0.3) is 0 Å². The van der Waals surface area contributed by atoms with Gasteiger partial charge in [0.05, 0.1) is 19.1 Å². The van der Waals surface area contributed by atoms with Crippen molar-refractivity contribution in [3.63, 3.8) is 0 Å². The Morgan fingerprint density at radius 3 is 2.64 bits per heavy atom. The summed E-state index contributed by atoms with van der Waals surface area (Å²) in [5.74, 6) is 4.73. The van der Waals surface area contributed by atoms with Crippen molar-refractivity contribution >= 4 is 8.07 Å². The molecule has 0 saturated carbocycles. The van der Waals surface area contributed by atoms with Gasteiger partial charge < -0.3 is 9.47 Å². The van der Waals surface area contributed by atoms with Crippen molar-refractivity contribution in [2.75, 3.05) is 13.7 Å². The highest BCUT2D eigenvalue weighted by Crippen LogP contribution is 2.38. The van der Waals surface area contributed by atoms with Gasteiger partial charge in [0.15, 0.2) is 0 Å². The first-order chi connectivity index (χ1) is 10.2. The molecule has 2 rings (SSSR count). The molecule has 0 unspecified atom stereocenters. The third-order valence-corrected chi connectivity index (χ3v) is 9.48. The van der Waals surface area contributed by atoms with Crippen molar-refractivity contribution in [2.45, 2.75) is 51.4 Å². The van der Waals surface area contributed by atoms with Crippen molar-refractivity contribution < 1.29 is 9.47 Å². The Morgan fingerprint density at radius 2 is 2.00 bits per heavy atom. The SMILES string of the molecule is COc1cccc([C@@H]2OCC[C@@H]2C#C[Si](C)(C)C(C)(C)C)c1. The summed E-state index contributed by atoms with van der Waals surface area (Å²) in [4.78, 5) is 0. The van der Waals surface area contributed by atoms with Crippen LogP contribution in [0.2, 0.25) is 18.1 Å². The molecule has 1 saturated heterocycles. The van der Waals surface area contributed by atoms with Crippen LogP contribution in [0.15, 0.2) is 24.3 Å². The van der Waals surface area contributed by atoms with Crippen molar-refractivity contribution in [1.82, 2.24) is 0 Å². The Hall–Kier alpha value is -1.24. The second-order valence-electron chi connectivity index (χ2n) is 7.61. The standard InChI is InChI=1S/C19H28O2Si/c1-19(2,3)22(5,6)13-11-15-10-12-21-18(15)16-8-7-9-17(14-16)20-4/h7-9,14-15,18H,10,12H2,1-6H3/t15-,18-/m1/s1. The number of methoxy groups -OCH3 is 1. The Morgan fingerprint density at radius 1 is 1.27 bits per heavy atom. The van der Waals surface area contributed by atoms with Gasteiger partial charge in [0, 0.05) is 6.61 Å². The Kier molecular flexibility index (Phi) is 5.04. The van der Waals surface area contributed by atoms with Crippen LogP contribution < -0.4 is 4.74 Å². The maximum absolute atomic E-state index is 5.96. The highest BCUT2D eigenvalue weighted by molar-refractivity contribution is 6.87. The summed E-state index contributed by atoms with van der Waals surface area (Å²) in [6.45, 7) is 12.4. The number of hydrogen-bond donors (Lipinski definition) is 0. The molecule has 1 heterocycles. The van der Waals surface area contributed by atoms with Gasteiger partial charge in [0.2, 0.25) is 0 Å². The predicted octanol–water partition coefficient (Wildman–Crippen LogP) is 4.82. The average molecular weight is 317 g/mol. The first-order valence-corrected chi connectivity index (χ1v) is 11.0. The normalized spacial score (nSPS) is 22.1. The fourth-order valence-corrected chi connectivity index (χ4v) is 3.27. The molecular weight excluding hydrogens is 288 g/mol. The van der Waals surface area contributed by atoms with E-state index in [1.165, 1.54) is 5.56 Å². The maximum Gasteiger partial charge on any atom is 0.137 e. The van der Waals surface area contributed by atoms with E-state index in [1.807, 2.05) is 12.1 Å². The van der Waals surface area contributed by atoms with E-state index in [4.69, 9.17) is 9.47 Å². The van der Waals surface area contributed by atoms with Gasteiger partial charge >= 0.3 is 0 Å². The molecule has 1 fully saturated rings. The average Bonchev–Trinajstić information content (AvgIpc) is 2.92. The summed E-state index contributed by atoms with van der Waals surface area (Å²) in [7, 11) is 0.136. The van der Waals surface area contributed by atoms with E-state index < -0.39 is 8.07 Å². The molecule has 3 heteroatoms. The molecule has 0 amide bonds. The summed E-state index contributed by atoms with van der Waals surface area (Å²) in [5.41, 5.74) is 4.82. The van der Waals surface area contributed by atoms with Gasteiger partial charge in [-0.2, -0.15) is 0 Å². The van der Waals surface area contributed by atoms with Gasteiger partial charge in [-0.1, -0.05) is 46.0 Å². The van der Waals surface area contributed by atoms with Crippen LogP contribution in [0, 0.1) is 17.4 Å².